The molecule has 2 aliphatic carbocycles. The zero-order valence-electron chi connectivity index (χ0n) is 22.0. The molecule has 2 aliphatic rings. The van der Waals surface area contributed by atoms with Crippen molar-refractivity contribution in [3.8, 4) is 5.75 Å². The van der Waals surface area contributed by atoms with Gasteiger partial charge in [0.25, 0.3) is 0 Å². The van der Waals surface area contributed by atoms with Crippen LogP contribution in [0.5, 0.6) is 5.75 Å². The molecule has 0 atom stereocenters. The van der Waals surface area contributed by atoms with Crippen LogP contribution in [0.15, 0.2) is 30.9 Å². The van der Waals surface area contributed by atoms with Crippen LogP contribution < -0.4 is 4.74 Å². The Kier molecular flexibility index (Phi) is 12.2. The van der Waals surface area contributed by atoms with Crippen molar-refractivity contribution in [2.24, 2.45) is 11.8 Å². The van der Waals surface area contributed by atoms with Gasteiger partial charge in [0.15, 0.2) is 0 Å². The highest BCUT2D eigenvalue weighted by Gasteiger charge is 2.27. The lowest BCUT2D eigenvalue weighted by Gasteiger charge is -2.31. The number of hydrogen-bond acceptors (Lipinski definition) is 4. The van der Waals surface area contributed by atoms with E-state index in [2.05, 4.69) is 31.7 Å². The Morgan fingerprint density at radius 2 is 1.60 bits per heavy atom. The van der Waals surface area contributed by atoms with Crippen molar-refractivity contribution in [1.29, 1.82) is 0 Å². The third-order valence-electron chi connectivity index (χ3n) is 8.38. The van der Waals surface area contributed by atoms with Crippen LogP contribution >= 0.6 is 0 Å². The second-order valence-electron chi connectivity index (χ2n) is 10.8. The largest absolute Gasteiger partial charge is 0.490 e. The smallest absolute Gasteiger partial charge is 0.330 e. The van der Waals surface area contributed by atoms with Crippen molar-refractivity contribution < 1.29 is 19.4 Å². The molecular weight excluding hydrogens is 436 g/mol. The van der Waals surface area contributed by atoms with E-state index in [1.165, 1.54) is 94.3 Å². The SMILES string of the molecule is C=CC(=O)OCCOc1cc(C2CCC(CCCCC)CC2)ccc1C1CCC(CCCO)CC1. The minimum absolute atomic E-state index is 0.241. The van der Waals surface area contributed by atoms with Crippen LogP contribution in [-0.4, -0.2) is 30.9 Å². The predicted molar refractivity (Wildman–Crippen MR) is 143 cm³/mol. The number of unbranched alkanes of at least 4 members (excludes halogenated alkanes) is 2. The third-order valence-corrected chi connectivity index (χ3v) is 8.38. The van der Waals surface area contributed by atoms with Gasteiger partial charge in [-0.3, -0.25) is 0 Å². The Bertz CT molecular complexity index is 757. The summed E-state index contributed by atoms with van der Waals surface area (Å²) < 4.78 is 11.4. The molecule has 4 nitrogen and oxygen atoms in total. The molecule has 0 radical (unpaired) electrons. The Balaban J connectivity index is 1.63. The summed E-state index contributed by atoms with van der Waals surface area (Å²) in [6.45, 7) is 6.65. The second kappa shape index (κ2) is 15.3. The number of rotatable bonds is 14. The number of aliphatic hydroxyl groups excluding tert-OH is 1. The molecular formula is C31H48O4. The van der Waals surface area contributed by atoms with Crippen LogP contribution in [0, 0.1) is 11.8 Å². The molecule has 1 aromatic carbocycles. The molecule has 1 aromatic rings. The van der Waals surface area contributed by atoms with Gasteiger partial charge in [-0.1, -0.05) is 51.3 Å². The lowest BCUT2D eigenvalue weighted by Crippen LogP contribution is -2.17. The first kappa shape index (κ1) is 27.8. The molecule has 0 amide bonds. The number of carbonyl (C=O) groups is 1. The normalized spacial score (nSPS) is 24.6. The van der Waals surface area contributed by atoms with Crippen LogP contribution in [0.3, 0.4) is 0 Å². The van der Waals surface area contributed by atoms with Crippen molar-refractivity contribution in [3.63, 3.8) is 0 Å². The van der Waals surface area contributed by atoms with Gasteiger partial charge in [0.05, 0.1) is 0 Å². The van der Waals surface area contributed by atoms with Gasteiger partial charge in [0, 0.05) is 12.7 Å². The van der Waals surface area contributed by atoms with Crippen LogP contribution in [0.4, 0.5) is 0 Å². The Labute approximate surface area is 213 Å². The van der Waals surface area contributed by atoms with Gasteiger partial charge in [-0.05, 0) is 105 Å². The van der Waals surface area contributed by atoms with Crippen LogP contribution in [-0.2, 0) is 9.53 Å². The maximum absolute atomic E-state index is 11.4. The monoisotopic (exact) mass is 484 g/mol. The van der Waals surface area contributed by atoms with E-state index in [1.807, 2.05) is 0 Å². The minimum atomic E-state index is -0.403. The molecule has 0 unspecified atom stereocenters. The zero-order chi connectivity index (χ0) is 24.9. The van der Waals surface area contributed by atoms with E-state index in [9.17, 15) is 4.79 Å². The Hall–Kier alpha value is -1.81. The number of esters is 1. The molecule has 0 spiro atoms. The van der Waals surface area contributed by atoms with Crippen molar-refractivity contribution in [3.05, 3.63) is 42.0 Å². The maximum atomic E-state index is 11.4. The summed E-state index contributed by atoms with van der Waals surface area (Å²) in [4.78, 5) is 11.4. The fourth-order valence-corrected chi connectivity index (χ4v) is 6.23. The molecule has 0 aliphatic heterocycles. The van der Waals surface area contributed by atoms with Gasteiger partial charge in [-0.2, -0.15) is 0 Å². The average Bonchev–Trinajstić information content (AvgIpc) is 2.90. The number of hydrogen-bond donors (Lipinski definition) is 1. The van der Waals surface area contributed by atoms with E-state index in [-0.39, 0.29) is 6.61 Å². The van der Waals surface area contributed by atoms with Gasteiger partial charge in [0.2, 0.25) is 0 Å². The van der Waals surface area contributed by atoms with E-state index in [0.29, 0.717) is 25.0 Å². The first-order valence-corrected chi connectivity index (χ1v) is 14.3. The zero-order valence-corrected chi connectivity index (χ0v) is 22.0. The van der Waals surface area contributed by atoms with Crippen LogP contribution in [0.25, 0.3) is 0 Å². The molecule has 35 heavy (non-hydrogen) atoms. The van der Waals surface area contributed by atoms with Gasteiger partial charge < -0.3 is 14.6 Å². The quantitative estimate of drug-likeness (QED) is 0.167. The van der Waals surface area contributed by atoms with Gasteiger partial charge in [-0.15, -0.1) is 0 Å². The first-order chi connectivity index (χ1) is 17.1. The minimum Gasteiger partial charge on any atom is -0.490 e. The highest BCUT2D eigenvalue weighted by molar-refractivity contribution is 5.81. The molecule has 0 heterocycles. The van der Waals surface area contributed by atoms with Gasteiger partial charge in [0.1, 0.15) is 19.0 Å². The lowest BCUT2D eigenvalue weighted by atomic mass is 9.75. The third kappa shape index (κ3) is 8.97. The standard InChI is InChI=1S/C31H48O4/c1-3-5-6-8-24-10-14-26(15-11-24)28-18-19-29(27-16-12-25(13-17-27)9-7-20-32)30(23-28)34-21-22-35-31(33)4-2/h4,18-19,23-27,32H,2-3,5-17,20-22H2,1H3. The summed E-state index contributed by atoms with van der Waals surface area (Å²) in [7, 11) is 0. The number of ether oxygens (including phenoxy) is 2. The van der Waals surface area contributed by atoms with Crippen molar-refractivity contribution >= 4 is 5.97 Å². The molecule has 0 saturated heterocycles. The van der Waals surface area contributed by atoms with Crippen molar-refractivity contribution in [2.45, 2.75) is 109 Å². The Morgan fingerprint density at radius 3 is 2.23 bits per heavy atom. The van der Waals surface area contributed by atoms with Gasteiger partial charge in [-0.25, -0.2) is 4.79 Å². The summed E-state index contributed by atoms with van der Waals surface area (Å²) in [6.07, 6.45) is 18.8. The second-order valence-corrected chi connectivity index (χ2v) is 10.8. The highest BCUT2D eigenvalue weighted by atomic mass is 16.6. The molecule has 1 N–H and O–H groups in total. The van der Waals surface area contributed by atoms with E-state index < -0.39 is 5.97 Å². The highest BCUT2D eigenvalue weighted by Crippen LogP contribution is 2.44. The molecule has 2 saturated carbocycles. The molecule has 3 rings (SSSR count). The van der Waals surface area contributed by atoms with Gasteiger partial charge >= 0.3 is 5.97 Å². The fourth-order valence-electron chi connectivity index (χ4n) is 6.23. The topological polar surface area (TPSA) is 55.8 Å². The number of aliphatic hydroxyl groups is 1. The summed E-state index contributed by atoms with van der Waals surface area (Å²) >= 11 is 0. The predicted octanol–water partition coefficient (Wildman–Crippen LogP) is 7.70. The molecule has 4 heteroatoms. The van der Waals surface area contributed by atoms with E-state index in [4.69, 9.17) is 14.6 Å². The lowest BCUT2D eigenvalue weighted by molar-refractivity contribution is -0.138. The molecule has 0 bridgehead atoms. The molecule has 196 valence electrons. The van der Waals surface area contributed by atoms with Crippen LogP contribution in [0.2, 0.25) is 0 Å². The summed E-state index contributed by atoms with van der Waals surface area (Å²) in [6, 6.07) is 6.98. The first-order valence-electron chi connectivity index (χ1n) is 14.3. The van der Waals surface area contributed by atoms with E-state index in [1.54, 1.807) is 0 Å². The summed E-state index contributed by atoms with van der Waals surface area (Å²) in [5, 5.41) is 9.16. The summed E-state index contributed by atoms with van der Waals surface area (Å²) in [5.41, 5.74) is 2.73. The summed E-state index contributed by atoms with van der Waals surface area (Å²) in [5.74, 6) is 3.39. The maximum Gasteiger partial charge on any atom is 0.330 e. The average molecular weight is 485 g/mol. The number of benzene rings is 1. The molecule has 2 fully saturated rings. The Morgan fingerprint density at radius 1 is 0.943 bits per heavy atom. The molecule has 0 aromatic heterocycles. The number of carbonyl (C=O) groups excluding carboxylic acids is 1. The van der Waals surface area contributed by atoms with Crippen LogP contribution in [0.1, 0.15) is 120 Å². The van der Waals surface area contributed by atoms with E-state index in [0.717, 1.165) is 30.4 Å². The van der Waals surface area contributed by atoms with Crippen molar-refractivity contribution in [2.75, 3.05) is 19.8 Å². The van der Waals surface area contributed by atoms with E-state index >= 15 is 0 Å². The fraction of sp³-hybridized carbons (Fsp3) is 0.710. The van der Waals surface area contributed by atoms with Crippen molar-refractivity contribution in [1.82, 2.24) is 0 Å².